The summed E-state index contributed by atoms with van der Waals surface area (Å²) in [6.45, 7) is 0. The van der Waals surface area contributed by atoms with Gasteiger partial charge in [-0.1, -0.05) is 6.07 Å². The van der Waals surface area contributed by atoms with Gasteiger partial charge in [-0.25, -0.2) is 4.39 Å². The predicted octanol–water partition coefficient (Wildman–Crippen LogP) is 2.94. The monoisotopic (exact) mass is 237 g/mol. The Morgan fingerprint density at radius 3 is 2.75 bits per heavy atom. The van der Waals surface area contributed by atoms with Crippen LogP contribution in [0.3, 0.4) is 0 Å². The van der Waals surface area contributed by atoms with Crippen LogP contribution in [-0.4, -0.2) is 7.11 Å². The zero-order valence-corrected chi connectivity index (χ0v) is 9.63. The number of ether oxygens (including phenoxy) is 1. The van der Waals surface area contributed by atoms with E-state index in [1.165, 1.54) is 13.2 Å². The minimum atomic E-state index is -0.372. The molecule has 4 heteroatoms. The maximum absolute atomic E-state index is 13.2. The predicted molar refractivity (Wildman–Crippen MR) is 63.3 cm³/mol. The molecule has 1 unspecified atom stereocenters. The van der Waals surface area contributed by atoms with Crippen LogP contribution in [0.2, 0.25) is 0 Å². The van der Waals surface area contributed by atoms with Crippen molar-refractivity contribution in [2.75, 3.05) is 7.11 Å². The second kappa shape index (κ2) is 4.63. The van der Waals surface area contributed by atoms with Gasteiger partial charge in [-0.3, -0.25) is 0 Å². The number of nitrogens with two attached hydrogens (primary N) is 1. The fourth-order valence-electron chi connectivity index (χ4n) is 1.51. The fraction of sp³-hybridized carbons (Fsp3) is 0.167. The summed E-state index contributed by atoms with van der Waals surface area (Å²) in [6, 6.07) is 6.42. The third-order valence-electron chi connectivity index (χ3n) is 2.44. The molecule has 1 aromatic heterocycles. The highest BCUT2D eigenvalue weighted by atomic mass is 32.1. The highest BCUT2D eigenvalue weighted by molar-refractivity contribution is 7.08. The first-order valence-electron chi connectivity index (χ1n) is 4.83. The van der Waals surface area contributed by atoms with Crippen LogP contribution in [0.25, 0.3) is 0 Å². The van der Waals surface area contributed by atoms with Crippen molar-refractivity contribution in [1.29, 1.82) is 0 Å². The summed E-state index contributed by atoms with van der Waals surface area (Å²) in [6.07, 6.45) is 0. The highest BCUT2D eigenvalue weighted by Crippen LogP contribution is 2.26. The third-order valence-corrected chi connectivity index (χ3v) is 3.14. The Morgan fingerprint density at radius 2 is 2.12 bits per heavy atom. The van der Waals surface area contributed by atoms with Crippen molar-refractivity contribution in [1.82, 2.24) is 0 Å². The van der Waals surface area contributed by atoms with Gasteiger partial charge in [-0.05, 0) is 40.1 Å². The summed E-state index contributed by atoms with van der Waals surface area (Å²) < 4.78 is 18.1. The van der Waals surface area contributed by atoms with E-state index in [9.17, 15) is 4.39 Å². The Balaban J connectivity index is 2.34. The molecule has 0 bridgehead atoms. The first-order chi connectivity index (χ1) is 7.72. The largest absolute Gasteiger partial charge is 0.494 e. The number of thiophene rings is 1. The second-order valence-corrected chi connectivity index (χ2v) is 4.21. The quantitative estimate of drug-likeness (QED) is 0.890. The SMILES string of the molecule is COc1cc(C(N)c2ccsc2)ccc1F. The molecule has 1 heterocycles. The molecule has 0 aliphatic rings. The topological polar surface area (TPSA) is 35.2 Å². The molecule has 1 aromatic carbocycles. The molecule has 0 saturated heterocycles. The minimum absolute atomic E-state index is 0.225. The normalized spacial score (nSPS) is 12.4. The Bertz CT molecular complexity index is 470. The molecule has 2 rings (SSSR count). The molecule has 84 valence electrons. The van der Waals surface area contributed by atoms with E-state index < -0.39 is 0 Å². The zero-order valence-electron chi connectivity index (χ0n) is 8.81. The number of methoxy groups -OCH3 is 1. The first kappa shape index (κ1) is 11.1. The van der Waals surface area contributed by atoms with Crippen LogP contribution < -0.4 is 10.5 Å². The minimum Gasteiger partial charge on any atom is -0.494 e. The Labute approximate surface area is 97.5 Å². The molecule has 2 nitrogen and oxygen atoms in total. The standard InChI is InChI=1S/C12H12FNOS/c1-15-11-6-8(2-3-10(11)13)12(14)9-4-5-16-7-9/h2-7,12H,14H2,1H3. The molecule has 2 N–H and O–H groups in total. The van der Waals surface area contributed by atoms with Gasteiger partial charge >= 0.3 is 0 Å². The summed E-state index contributed by atoms with van der Waals surface area (Å²) in [5.74, 6) is -0.146. The molecule has 0 amide bonds. The molecule has 16 heavy (non-hydrogen) atoms. The average Bonchev–Trinajstić information content (AvgIpc) is 2.82. The first-order valence-corrected chi connectivity index (χ1v) is 5.77. The van der Waals surface area contributed by atoms with E-state index in [2.05, 4.69) is 0 Å². The number of hydrogen-bond donors (Lipinski definition) is 1. The van der Waals surface area contributed by atoms with Crippen LogP contribution >= 0.6 is 11.3 Å². The molecule has 0 saturated carbocycles. The molecular formula is C12H12FNOS. The van der Waals surface area contributed by atoms with Crippen molar-refractivity contribution < 1.29 is 9.13 Å². The Morgan fingerprint density at radius 1 is 1.31 bits per heavy atom. The van der Waals surface area contributed by atoms with Crippen molar-refractivity contribution in [2.24, 2.45) is 5.73 Å². The van der Waals surface area contributed by atoms with E-state index in [1.54, 1.807) is 23.5 Å². The number of halogens is 1. The smallest absolute Gasteiger partial charge is 0.165 e. The lowest BCUT2D eigenvalue weighted by Gasteiger charge is -2.12. The van der Waals surface area contributed by atoms with Gasteiger partial charge in [0.25, 0.3) is 0 Å². The lowest BCUT2D eigenvalue weighted by atomic mass is 10.0. The molecule has 1 atom stereocenters. The van der Waals surface area contributed by atoms with Crippen molar-refractivity contribution in [3.05, 3.63) is 52.0 Å². The van der Waals surface area contributed by atoms with Gasteiger partial charge in [0, 0.05) is 0 Å². The summed E-state index contributed by atoms with van der Waals surface area (Å²) in [5, 5.41) is 3.95. The molecule has 0 spiro atoms. The molecular weight excluding hydrogens is 225 g/mol. The van der Waals surface area contributed by atoms with Gasteiger partial charge in [0.05, 0.1) is 13.2 Å². The Hall–Kier alpha value is -1.39. The summed E-state index contributed by atoms with van der Waals surface area (Å²) in [4.78, 5) is 0. The van der Waals surface area contributed by atoms with Crippen LogP contribution in [0.5, 0.6) is 5.75 Å². The van der Waals surface area contributed by atoms with Gasteiger partial charge in [0.1, 0.15) is 0 Å². The van der Waals surface area contributed by atoms with Gasteiger partial charge < -0.3 is 10.5 Å². The van der Waals surface area contributed by atoms with Crippen LogP contribution in [0, 0.1) is 5.82 Å². The van der Waals surface area contributed by atoms with Crippen molar-refractivity contribution >= 4 is 11.3 Å². The molecule has 0 radical (unpaired) electrons. The van der Waals surface area contributed by atoms with E-state index >= 15 is 0 Å². The van der Waals surface area contributed by atoms with E-state index in [0.29, 0.717) is 0 Å². The zero-order chi connectivity index (χ0) is 11.5. The molecule has 0 fully saturated rings. The number of hydrogen-bond acceptors (Lipinski definition) is 3. The van der Waals surface area contributed by atoms with Crippen molar-refractivity contribution in [2.45, 2.75) is 6.04 Å². The maximum atomic E-state index is 13.2. The maximum Gasteiger partial charge on any atom is 0.165 e. The van der Waals surface area contributed by atoms with E-state index in [-0.39, 0.29) is 17.6 Å². The van der Waals surface area contributed by atoms with Gasteiger partial charge in [-0.15, -0.1) is 0 Å². The van der Waals surface area contributed by atoms with E-state index in [1.807, 2.05) is 16.8 Å². The summed E-state index contributed by atoms with van der Waals surface area (Å²) in [7, 11) is 1.44. The fourth-order valence-corrected chi connectivity index (χ4v) is 2.21. The lowest BCUT2D eigenvalue weighted by Crippen LogP contribution is -2.11. The van der Waals surface area contributed by atoms with Crippen LogP contribution in [-0.2, 0) is 0 Å². The average molecular weight is 237 g/mol. The van der Waals surface area contributed by atoms with Gasteiger partial charge in [0.2, 0.25) is 0 Å². The summed E-state index contributed by atoms with van der Waals surface area (Å²) in [5.41, 5.74) is 7.93. The van der Waals surface area contributed by atoms with Crippen LogP contribution in [0.1, 0.15) is 17.2 Å². The van der Waals surface area contributed by atoms with E-state index in [0.717, 1.165) is 11.1 Å². The number of rotatable bonds is 3. The van der Waals surface area contributed by atoms with Gasteiger partial charge in [-0.2, -0.15) is 11.3 Å². The van der Waals surface area contributed by atoms with Crippen molar-refractivity contribution in [3.63, 3.8) is 0 Å². The van der Waals surface area contributed by atoms with Gasteiger partial charge in [0.15, 0.2) is 11.6 Å². The van der Waals surface area contributed by atoms with Crippen LogP contribution in [0.4, 0.5) is 4.39 Å². The molecule has 2 aromatic rings. The third kappa shape index (κ3) is 2.08. The summed E-state index contributed by atoms with van der Waals surface area (Å²) >= 11 is 1.59. The van der Waals surface area contributed by atoms with E-state index in [4.69, 9.17) is 10.5 Å². The highest BCUT2D eigenvalue weighted by Gasteiger charge is 2.12. The van der Waals surface area contributed by atoms with Crippen LogP contribution in [0.15, 0.2) is 35.0 Å². The Kier molecular flexibility index (Phi) is 3.22. The lowest BCUT2D eigenvalue weighted by molar-refractivity contribution is 0.385. The number of benzene rings is 1. The second-order valence-electron chi connectivity index (χ2n) is 3.43. The molecule has 0 aliphatic carbocycles. The van der Waals surface area contributed by atoms with Crippen molar-refractivity contribution in [3.8, 4) is 5.75 Å². The molecule has 0 aliphatic heterocycles.